The Morgan fingerprint density at radius 2 is 1.48 bits per heavy atom. The van der Waals surface area contributed by atoms with Gasteiger partial charge < -0.3 is 9.47 Å². The SMILES string of the molecule is COc1ccc(/C=C/C(=O)Oc2ccc(C(C)(C)C)cc2)cc1. The van der Waals surface area contributed by atoms with Crippen molar-refractivity contribution in [1.29, 1.82) is 0 Å². The van der Waals surface area contributed by atoms with Crippen LogP contribution in [0, 0.1) is 0 Å². The molecule has 2 aromatic rings. The van der Waals surface area contributed by atoms with E-state index in [4.69, 9.17) is 9.47 Å². The average molecular weight is 310 g/mol. The van der Waals surface area contributed by atoms with Crippen molar-refractivity contribution in [1.82, 2.24) is 0 Å². The number of ether oxygens (including phenoxy) is 2. The molecule has 0 saturated carbocycles. The van der Waals surface area contributed by atoms with Gasteiger partial charge in [0.05, 0.1) is 7.11 Å². The highest BCUT2D eigenvalue weighted by molar-refractivity contribution is 5.88. The molecule has 0 aromatic heterocycles. The van der Waals surface area contributed by atoms with Crippen LogP contribution in [0.5, 0.6) is 11.5 Å². The molecule has 0 N–H and O–H groups in total. The van der Waals surface area contributed by atoms with Gasteiger partial charge in [-0.15, -0.1) is 0 Å². The first-order valence-electron chi connectivity index (χ1n) is 7.53. The number of carbonyl (C=O) groups excluding carboxylic acids is 1. The quantitative estimate of drug-likeness (QED) is 0.470. The van der Waals surface area contributed by atoms with Crippen LogP contribution in [0.4, 0.5) is 0 Å². The molecular weight excluding hydrogens is 288 g/mol. The van der Waals surface area contributed by atoms with E-state index in [9.17, 15) is 4.79 Å². The maximum atomic E-state index is 11.9. The summed E-state index contributed by atoms with van der Waals surface area (Å²) < 4.78 is 10.4. The van der Waals surface area contributed by atoms with Crippen LogP contribution in [0.3, 0.4) is 0 Å². The fraction of sp³-hybridized carbons (Fsp3) is 0.250. The first-order chi connectivity index (χ1) is 10.9. The summed E-state index contributed by atoms with van der Waals surface area (Å²) in [4.78, 5) is 11.9. The molecule has 0 unspecified atom stereocenters. The van der Waals surface area contributed by atoms with Crippen molar-refractivity contribution in [2.75, 3.05) is 7.11 Å². The molecule has 3 nitrogen and oxygen atoms in total. The van der Waals surface area contributed by atoms with Gasteiger partial charge >= 0.3 is 5.97 Å². The van der Waals surface area contributed by atoms with E-state index in [1.165, 1.54) is 11.6 Å². The lowest BCUT2D eigenvalue weighted by atomic mass is 9.87. The molecule has 0 atom stereocenters. The first-order valence-corrected chi connectivity index (χ1v) is 7.53. The minimum Gasteiger partial charge on any atom is -0.497 e. The molecule has 0 amide bonds. The Balaban J connectivity index is 1.97. The van der Waals surface area contributed by atoms with E-state index in [1.807, 2.05) is 48.5 Å². The number of hydrogen-bond acceptors (Lipinski definition) is 3. The molecule has 0 spiro atoms. The van der Waals surface area contributed by atoms with E-state index < -0.39 is 5.97 Å². The van der Waals surface area contributed by atoms with Crippen molar-refractivity contribution in [2.45, 2.75) is 26.2 Å². The van der Waals surface area contributed by atoms with Crippen LogP contribution in [-0.4, -0.2) is 13.1 Å². The summed E-state index contributed by atoms with van der Waals surface area (Å²) in [6.07, 6.45) is 3.13. The predicted octanol–water partition coefficient (Wildman–Crippen LogP) is 4.61. The summed E-state index contributed by atoms with van der Waals surface area (Å²) in [7, 11) is 1.62. The second kappa shape index (κ2) is 7.14. The minimum absolute atomic E-state index is 0.0802. The standard InChI is InChI=1S/C20H22O3/c1-20(2,3)16-8-12-18(13-9-16)23-19(21)14-7-15-5-10-17(22-4)11-6-15/h5-14H,1-4H3/b14-7+. The smallest absolute Gasteiger partial charge is 0.336 e. The van der Waals surface area contributed by atoms with Crippen molar-refractivity contribution in [3.63, 3.8) is 0 Å². The Bertz CT molecular complexity index is 674. The van der Waals surface area contributed by atoms with Crippen LogP contribution in [0.25, 0.3) is 6.08 Å². The maximum absolute atomic E-state index is 11.9. The van der Waals surface area contributed by atoms with E-state index >= 15 is 0 Å². The van der Waals surface area contributed by atoms with Gasteiger partial charge in [0.15, 0.2) is 0 Å². The van der Waals surface area contributed by atoms with Gasteiger partial charge in [0.25, 0.3) is 0 Å². The highest BCUT2D eigenvalue weighted by Gasteiger charge is 2.13. The molecule has 2 rings (SSSR count). The van der Waals surface area contributed by atoms with Crippen LogP contribution in [-0.2, 0) is 10.2 Å². The molecule has 0 bridgehead atoms. The molecule has 0 fully saturated rings. The summed E-state index contributed by atoms with van der Waals surface area (Å²) >= 11 is 0. The highest BCUT2D eigenvalue weighted by atomic mass is 16.5. The van der Waals surface area contributed by atoms with Gasteiger partial charge in [-0.25, -0.2) is 4.79 Å². The Morgan fingerprint density at radius 3 is 2.00 bits per heavy atom. The van der Waals surface area contributed by atoms with Gasteiger partial charge in [-0.3, -0.25) is 0 Å². The zero-order valence-corrected chi connectivity index (χ0v) is 14.0. The van der Waals surface area contributed by atoms with Crippen LogP contribution >= 0.6 is 0 Å². The summed E-state index contributed by atoms with van der Waals surface area (Å²) in [5, 5.41) is 0. The van der Waals surface area contributed by atoms with Gasteiger partial charge in [-0.05, 0) is 46.9 Å². The van der Waals surface area contributed by atoms with Crippen molar-refractivity contribution >= 4 is 12.0 Å². The largest absolute Gasteiger partial charge is 0.497 e. The molecule has 0 radical (unpaired) electrons. The number of rotatable bonds is 4. The minimum atomic E-state index is -0.399. The number of carbonyl (C=O) groups is 1. The number of esters is 1. The van der Waals surface area contributed by atoms with E-state index in [2.05, 4.69) is 20.8 Å². The van der Waals surface area contributed by atoms with Crippen molar-refractivity contribution in [3.05, 3.63) is 65.7 Å². The summed E-state index contributed by atoms with van der Waals surface area (Å²) in [6.45, 7) is 6.43. The molecule has 120 valence electrons. The van der Waals surface area contributed by atoms with Crippen molar-refractivity contribution < 1.29 is 14.3 Å². The van der Waals surface area contributed by atoms with E-state index in [0.717, 1.165) is 11.3 Å². The van der Waals surface area contributed by atoms with Gasteiger partial charge in [0.2, 0.25) is 0 Å². The fourth-order valence-electron chi connectivity index (χ4n) is 2.05. The number of benzene rings is 2. The lowest BCUT2D eigenvalue weighted by molar-refractivity contribution is -0.128. The Hall–Kier alpha value is -2.55. The van der Waals surface area contributed by atoms with Crippen LogP contribution in [0.15, 0.2) is 54.6 Å². The average Bonchev–Trinajstić information content (AvgIpc) is 2.53. The van der Waals surface area contributed by atoms with E-state index in [1.54, 1.807) is 13.2 Å². The zero-order valence-electron chi connectivity index (χ0n) is 14.0. The maximum Gasteiger partial charge on any atom is 0.336 e. The Labute approximate surface area is 137 Å². The Kier molecular flexibility index (Phi) is 5.22. The second-order valence-corrected chi connectivity index (χ2v) is 6.30. The lowest BCUT2D eigenvalue weighted by Crippen LogP contribution is -2.11. The monoisotopic (exact) mass is 310 g/mol. The normalized spacial score (nSPS) is 11.5. The van der Waals surface area contributed by atoms with Crippen molar-refractivity contribution in [3.8, 4) is 11.5 Å². The molecular formula is C20H22O3. The molecule has 2 aromatic carbocycles. The third-order valence-corrected chi connectivity index (χ3v) is 3.47. The van der Waals surface area contributed by atoms with Gasteiger partial charge in [-0.2, -0.15) is 0 Å². The fourth-order valence-corrected chi connectivity index (χ4v) is 2.05. The molecule has 0 aliphatic rings. The summed E-state index contributed by atoms with van der Waals surface area (Å²) in [5.41, 5.74) is 2.19. The highest BCUT2D eigenvalue weighted by Crippen LogP contribution is 2.24. The predicted molar refractivity (Wildman–Crippen MR) is 92.8 cm³/mol. The summed E-state index contributed by atoms with van der Waals surface area (Å²) in [6, 6.07) is 15.0. The molecule has 0 saturated heterocycles. The lowest BCUT2D eigenvalue weighted by Gasteiger charge is -2.18. The van der Waals surface area contributed by atoms with E-state index in [0.29, 0.717) is 5.75 Å². The molecule has 0 heterocycles. The first kappa shape index (κ1) is 16.8. The zero-order chi connectivity index (χ0) is 16.9. The molecule has 0 aliphatic carbocycles. The van der Waals surface area contributed by atoms with Gasteiger partial charge in [-0.1, -0.05) is 45.0 Å². The van der Waals surface area contributed by atoms with E-state index in [-0.39, 0.29) is 5.41 Å². The third kappa shape index (κ3) is 4.99. The second-order valence-electron chi connectivity index (χ2n) is 6.30. The van der Waals surface area contributed by atoms with Crippen LogP contribution in [0.1, 0.15) is 31.9 Å². The van der Waals surface area contributed by atoms with Crippen molar-refractivity contribution in [2.24, 2.45) is 0 Å². The topological polar surface area (TPSA) is 35.5 Å². The molecule has 3 heteroatoms. The molecule has 0 aliphatic heterocycles. The summed E-state index contributed by atoms with van der Waals surface area (Å²) in [5.74, 6) is 0.926. The van der Waals surface area contributed by atoms with Gasteiger partial charge in [0.1, 0.15) is 11.5 Å². The Morgan fingerprint density at radius 1 is 0.913 bits per heavy atom. The molecule has 23 heavy (non-hydrogen) atoms. The van der Waals surface area contributed by atoms with Crippen LogP contribution < -0.4 is 9.47 Å². The third-order valence-electron chi connectivity index (χ3n) is 3.47. The number of hydrogen-bond donors (Lipinski definition) is 0. The van der Waals surface area contributed by atoms with Crippen LogP contribution in [0.2, 0.25) is 0 Å². The van der Waals surface area contributed by atoms with Gasteiger partial charge in [0, 0.05) is 6.08 Å². The number of methoxy groups -OCH3 is 1.